The van der Waals surface area contributed by atoms with Gasteiger partial charge in [-0.3, -0.25) is 0 Å². The lowest BCUT2D eigenvalue weighted by molar-refractivity contribution is 0.169. The van der Waals surface area contributed by atoms with Crippen molar-refractivity contribution in [2.24, 2.45) is 0 Å². The summed E-state index contributed by atoms with van der Waals surface area (Å²) in [7, 11) is -3.53. The average molecular weight is 381 g/mol. The molecule has 0 aromatic heterocycles. The third kappa shape index (κ3) is 11.0. The van der Waals surface area contributed by atoms with Crippen LogP contribution >= 0.6 is 0 Å². The molecule has 0 radical (unpaired) electrons. The zero-order valence-electron chi connectivity index (χ0n) is 17.7. The van der Waals surface area contributed by atoms with Crippen molar-refractivity contribution in [3.05, 3.63) is 0 Å². The van der Waals surface area contributed by atoms with Crippen LogP contribution in [0.5, 0.6) is 0 Å². The van der Waals surface area contributed by atoms with E-state index in [1.165, 1.54) is 0 Å². The summed E-state index contributed by atoms with van der Waals surface area (Å²) in [5.41, 5.74) is 0. The lowest BCUT2D eigenvalue weighted by Crippen LogP contribution is -2.41. The number of rotatable bonds is 14. The maximum absolute atomic E-state index is 5.90. The molecule has 0 aliphatic rings. The zero-order chi connectivity index (χ0) is 18.9. The molecule has 4 nitrogen and oxygen atoms in total. The summed E-state index contributed by atoms with van der Waals surface area (Å²) >= 11 is 0. The third-order valence-electron chi connectivity index (χ3n) is 4.11. The summed E-state index contributed by atoms with van der Waals surface area (Å²) in [6, 6.07) is 4.27. The van der Waals surface area contributed by atoms with Crippen molar-refractivity contribution in [1.82, 2.24) is 0 Å². The first kappa shape index (κ1) is 26.5. The number of hydrogen-bond donors (Lipinski definition) is 0. The summed E-state index contributed by atoms with van der Waals surface area (Å²) in [6.07, 6.45) is 2.18. The summed E-state index contributed by atoms with van der Waals surface area (Å²) in [5, 5.41) is 0. The first-order valence-electron chi connectivity index (χ1n) is 10.0. The van der Waals surface area contributed by atoms with Gasteiger partial charge in [0.25, 0.3) is 0 Å². The molecule has 0 aromatic rings. The van der Waals surface area contributed by atoms with Gasteiger partial charge in [0.1, 0.15) is 0 Å². The van der Waals surface area contributed by atoms with E-state index in [1.54, 1.807) is 0 Å². The fraction of sp³-hybridized carbons (Fsp3) is 1.00. The SMILES string of the molecule is CCCO[Si](CC)(CC)OCCC.CCO[Si](CC)(CC)OCC. The van der Waals surface area contributed by atoms with Crippen LogP contribution in [0.2, 0.25) is 24.2 Å². The second-order valence-corrected chi connectivity index (χ2v) is 13.4. The molecule has 0 saturated carbocycles. The number of hydrogen-bond acceptors (Lipinski definition) is 4. The van der Waals surface area contributed by atoms with Crippen LogP contribution < -0.4 is 0 Å². The smallest absolute Gasteiger partial charge is 0.337 e. The third-order valence-corrected chi connectivity index (χ3v) is 11.5. The molecule has 0 atom stereocenters. The van der Waals surface area contributed by atoms with Crippen molar-refractivity contribution in [3.63, 3.8) is 0 Å². The normalized spacial score (nSPS) is 12.0. The first-order chi connectivity index (χ1) is 11.5. The maximum Gasteiger partial charge on any atom is 0.337 e. The molecule has 0 spiro atoms. The molecule has 24 heavy (non-hydrogen) atoms. The van der Waals surface area contributed by atoms with Gasteiger partial charge in [0, 0.05) is 26.4 Å². The van der Waals surface area contributed by atoms with Gasteiger partial charge < -0.3 is 17.7 Å². The van der Waals surface area contributed by atoms with Crippen LogP contribution in [0.3, 0.4) is 0 Å². The molecule has 0 heterocycles. The highest BCUT2D eigenvalue weighted by atomic mass is 28.4. The van der Waals surface area contributed by atoms with Gasteiger partial charge in [-0.25, -0.2) is 0 Å². The first-order valence-corrected chi connectivity index (χ1v) is 14.5. The minimum Gasteiger partial charge on any atom is -0.395 e. The fourth-order valence-electron chi connectivity index (χ4n) is 2.50. The molecule has 0 aliphatic carbocycles. The van der Waals surface area contributed by atoms with E-state index >= 15 is 0 Å². The van der Waals surface area contributed by atoms with E-state index in [4.69, 9.17) is 17.7 Å². The van der Waals surface area contributed by atoms with E-state index in [9.17, 15) is 0 Å². The summed E-state index contributed by atoms with van der Waals surface area (Å²) in [6.45, 7) is 20.3. The fourth-order valence-corrected chi connectivity index (χ4v) is 7.51. The monoisotopic (exact) mass is 380 g/mol. The van der Waals surface area contributed by atoms with Gasteiger partial charge in [-0.05, 0) is 50.9 Å². The Labute approximate surface area is 154 Å². The Hall–Kier alpha value is 0.274. The molecule has 0 rings (SSSR count). The Morgan fingerprint density at radius 1 is 0.458 bits per heavy atom. The van der Waals surface area contributed by atoms with E-state index < -0.39 is 17.1 Å². The Balaban J connectivity index is 0. The van der Waals surface area contributed by atoms with Gasteiger partial charge in [-0.2, -0.15) is 0 Å². The molecule has 0 saturated heterocycles. The highest BCUT2D eigenvalue weighted by Gasteiger charge is 2.33. The summed E-state index contributed by atoms with van der Waals surface area (Å²) < 4.78 is 23.2. The standard InChI is InChI=1S/C10H24O2Si.C8H20O2Si/c1-5-9-11-13(7-3,8-4)12-10-6-2;1-5-9-11(7-3,8-4)10-6-2/h5-10H2,1-4H3;5-8H2,1-4H3. The quantitative estimate of drug-likeness (QED) is 0.353. The minimum absolute atomic E-state index is 0.786. The van der Waals surface area contributed by atoms with Crippen LogP contribution in [0.4, 0.5) is 0 Å². The highest BCUT2D eigenvalue weighted by Crippen LogP contribution is 2.19. The van der Waals surface area contributed by atoms with E-state index in [0.29, 0.717) is 0 Å². The maximum atomic E-state index is 5.90. The molecule has 0 unspecified atom stereocenters. The minimum atomic E-state index is -1.79. The Morgan fingerprint density at radius 3 is 0.958 bits per heavy atom. The molecule has 0 amide bonds. The molecule has 0 aliphatic heterocycles. The summed E-state index contributed by atoms with van der Waals surface area (Å²) in [5.74, 6) is 0. The van der Waals surface area contributed by atoms with E-state index in [1.807, 2.05) is 13.8 Å². The molecule has 0 fully saturated rings. The van der Waals surface area contributed by atoms with Crippen LogP contribution in [0.25, 0.3) is 0 Å². The molecule has 0 aromatic carbocycles. The Kier molecular flexibility index (Phi) is 18.5. The molecule has 6 heteroatoms. The van der Waals surface area contributed by atoms with Gasteiger partial charge in [0.15, 0.2) is 0 Å². The molecule has 0 N–H and O–H groups in total. The topological polar surface area (TPSA) is 36.9 Å². The van der Waals surface area contributed by atoms with Gasteiger partial charge >= 0.3 is 17.1 Å². The summed E-state index contributed by atoms with van der Waals surface area (Å²) in [4.78, 5) is 0. The second kappa shape index (κ2) is 16.7. The van der Waals surface area contributed by atoms with Gasteiger partial charge in [-0.15, -0.1) is 0 Å². The van der Waals surface area contributed by atoms with Crippen molar-refractivity contribution in [3.8, 4) is 0 Å². The van der Waals surface area contributed by atoms with E-state index in [0.717, 1.165) is 63.4 Å². The second-order valence-electron chi connectivity index (χ2n) is 5.80. The van der Waals surface area contributed by atoms with Gasteiger partial charge in [-0.1, -0.05) is 41.5 Å². The van der Waals surface area contributed by atoms with Crippen LogP contribution in [0, 0.1) is 0 Å². The average Bonchev–Trinajstić information content (AvgIpc) is 2.63. The van der Waals surface area contributed by atoms with Crippen molar-refractivity contribution in [2.75, 3.05) is 26.4 Å². The molecule has 148 valence electrons. The van der Waals surface area contributed by atoms with Crippen molar-refractivity contribution in [1.29, 1.82) is 0 Å². The molecule has 0 bridgehead atoms. The predicted molar refractivity (Wildman–Crippen MR) is 109 cm³/mol. The van der Waals surface area contributed by atoms with E-state index in [2.05, 4.69) is 41.5 Å². The largest absolute Gasteiger partial charge is 0.395 e. The van der Waals surface area contributed by atoms with E-state index in [-0.39, 0.29) is 0 Å². The Bertz CT molecular complexity index is 239. The lowest BCUT2D eigenvalue weighted by atomic mass is 10.5. The highest BCUT2D eigenvalue weighted by molar-refractivity contribution is 6.67. The molecular formula is C18H44O4Si2. The van der Waals surface area contributed by atoms with Crippen LogP contribution in [-0.4, -0.2) is 43.5 Å². The predicted octanol–water partition coefficient (Wildman–Crippen LogP) is 5.86. The zero-order valence-corrected chi connectivity index (χ0v) is 19.7. The van der Waals surface area contributed by atoms with Gasteiger partial charge in [0.05, 0.1) is 0 Å². The van der Waals surface area contributed by atoms with Crippen LogP contribution in [0.1, 0.15) is 68.2 Å². The molecular weight excluding hydrogens is 336 g/mol. The lowest BCUT2D eigenvalue weighted by Gasteiger charge is -2.28. The Morgan fingerprint density at radius 2 is 0.750 bits per heavy atom. The van der Waals surface area contributed by atoms with Crippen molar-refractivity contribution >= 4 is 17.1 Å². The van der Waals surface area contributed by atoms with Crippen molar-refractivity contribution in [2.45, 2.75) is 92.4 Å². The van der Waals surface area contributed by atoms with Crippen LogP contribution in [0.15, 0.2) is 0 Å². The van der Waals surface area contributed by atoms with Gasteiger partial charge in [0.2, 0.25) is 0 Å². The van der Waals surface area contributed by atoms with Crippen LogP contribution in [-0.2, 0) is 17.7 Å². The van der Waals surface area contributed by atoms with Crippen molar-refractivity contribution < 1.29 is 17.7 Å².